The van der Waals surface area contributed by atoms with E-state index in [1.54, 1.807) is 0 Å². The first-order chi connectivity index (χ1) is 10.2. The van der Waals surface area contributed by atoms with Crippen LogP contribution in [0.25, 0.3) is 11.2 Å². The van der Waals surface area contributed by atoms with Crippen molar-refractivity contribution in [1.82, 2.24) is 24.2 Å². The molecule has 0 unspecified atom stereocenters. The lowest BCUT2D eigenvalue weighted by Crippen LogP contribution is -2.33. The van der Waals surface area contributed by atoms with E-state index in [4.69, 9.17) is 16.6 Å². The van der Waals surface area contributed by atoms with Crippen LogP contribution in [0.15, 0.2) is 0 Å². The van der Waals surface area contributed by atoms with Gasteiger partial charge in [-0.3, -0.25) is 0 Å². The third-order valence-electron chi connectivity index (χ3n) is 4.39. The van der Waals surface area contributed by atoms with Crippen LogP contribution in [0.1, 0.15) is 37.7 Å². The largest absolute Gasteiger partial charge is 0.311 e. The molecule has 0 atom stereocenters. The second-order valence-electron chi connectivity index (χ2n) is 5.79. The zero-order valence-corrected chi connectivity index (χ0v) is 13.7. The SMILES string of the molecule is CCn1nc(C)c2nc(CCl)n(CCN3CCCCC3)c21. The smallest absolute Gasteiger partial charge is 0.158 e. The molecular formula is C15H24ClN5. The van der Waals surface area contributed by atoms with E-state index in [1.165, 1.54) is 32.4 Å². The summed E-state index contributed by atoms with van der Waals surface area (Å²) in [6, 6.07) is 0. The summed E-state index contributed by atoms with van der Waals surface area (Å²) in [5, 5.41) is 4.58. The average molecular weight is 310 g/mol. The van der Waals surface area contributed by atoms with E-state index in [1.807, 2.05) is 11.6 Å². The summed E-state index contributed by atoms with van der Waals surface area (Å²) in [4.78, 5) is 7.24. The van der Waals surface area contributed by atoms with Crippen LogP contribution in [-0.2, 0) is 19.0 Å². The molecule has 2 aromatic heterocycles. The molecule has 0 N–H and O–H groups in total. The lowest BCUT2D eigenvalue weighted by atomic mass is 10.1. The van der Waals surface area contributed by atoms with Crippen LogP contribution >= 0.6 is 11.6 Å². The van der Waals surface area contributed by atoms with Gasteiger partial charge in [0.2, 0.25) is 0 Å². The van der Waals surface area contributed by atoms with Gasteiger partial charge in [-0.2, -0.15) is 5.10 Å². The number of rotatable bonds is 5. The number of alkyl halides is 1. The molecule has 3 heterocycles. The molecule has 0 spiro atoms. The normalized spacial score (nSPS) is 16.9. The Bertz CT molecular complexity index is 609. The van der Waals surface area contributed by atoms with Gasteiger partial charge in [-0.15, -0.1) is 11.6 Å². The van der Waals surface area contributed by atoms with Crippen LogP contribution in [0.5, 0.6) is 0 Å². The van der Waals surface area contributed by atoms with Gasteiger partial charge in [0.05, 0.1) is 11.6 Å². The highest BCUT2D eigenvalue weighted by molar-refractivity contribution is 6.16. The number of likely N-dealkylation sites (tertiary alicyclic amines) is 1. The number of imidazole rings is 1. The van der Waals surface area contributed by atoms with Crippen molar-refractivity contribution in [2.45, 2.75) is 52.1 Å². The molecule has 21 heavy (non-hydrogen) atoms. The number of hydrogen-bond donors (Lipinski definition) is 0. The molecule has 1 aliphatic rings. The molecule has 116 valence electrons. The first kappa shape index (κ1) is 14.9. The topological polar surface area (TPSA) is 38.9 Å². The summed E-state index contributed by atoms with van der Waals surface area (Å²) >= 11 is 6.10. The van der Waals surface area contributed by atoms with Gasteiger partial charge in [0, 0.05) is 19.6 Å². The molecule has 5 nitrogen and oxygen atoms in total. The molecular weight excluding hydrogens is 286 g/mol. The average Bonchev–Trinajstić information content (AvgIpc) is 3.04. The molecule has 1 aliphatic heterocycles. The Balaban J connectivity index is 1.88. The molecule has 6 heteroatoms. The molecule has 0 amide bonds. The van der Waals surface area contributed by atoms with Crippen molar-refractivity contribution in [3.8, 4) is 0 Å². The predicted octanol–water partition coefficient (Wildman–Crippen LogP) is 2.79. The predicted molar refractivity (Wildman–Crippen MR) is 85.8 cm³/mol. The van der Waals surface area contributed by atoms with Gasteiger partial charge in [-0.05, 0) is 39.8 Å². The van der Waals surface area contributed by atoms with Crippen molar-refractivity contribution >= 4 is 22.8 Å². The minimum Gasteiger partial charge on any atom is -0.311 e. The molecule has 2 aromatic rings. The van der Waals surface area contributed by atoms with Gasteiger partial charge in [-0.25, -0.2) is 9.67 Å². The Morgan fingerprint density at radius 2 is 1.90 bits per heavy atom. The number of hydrogen-bond acceptors (Lipinski definition) is 3. The van der Waals surface area contributed by atoms with Gasteiger partial charge < -0.3 is 9.47 Å². The second-order valence-corrected chi connectivity index (χ2v) is 6.06. The molecule has 1 saturated heterocycles. The molecule has 3 rings (SSSR count). The first-order valence-corrected chi connectivity index (χ1v) is 8.49. The summed E-state index contributed by atoms with van der Waals surface area (Å²) in [5.41, 5.74) is 3.13. The fourth-order valence-electron chi connectivity index (χ4n) is 3.25. The van der Waals surface area contributed by atoms with Gasteiger partial charge in [-0.1, -0.05) is 6.42 Å². The van der Waals surface area contributed by atoms with Gasteiger partial charge in [0.1, 0.15) is 11.3 Å². The minimum atomic E-state index is 0.456. The third kappa shape index (κ3) is 2.81. The van der Waals surface area contributed by atoms with Gasteiger partial charge in [0.25, 0.3) is 0 Å². The fraction of sp³-hybridized carbons (Fsp3) is 0.733. The Morgan fingerprint density at radius 1 is 1.14 bits per heavy atom. The highest BCUT2D eigenvalue weighted by Crippen LogP contribution is 2.21. The van der Waals surface area contributed by atoms with E-state index < -0.39 is 0 Å². The molecule has 0 aliphatic carbocycles. The van der Waals surface area contributed by atoms with E-state index in [0.717, 1.165) is 42.3 Å². The summed E-state index contributed by atoms with van der Waals surface area (Å²) in [7, 11) is 0. The third-order valence-corrected chi connectivity index (χ3v) is 4.62. The van der Waals surface area contributed by atoms with Crippen molar-refractivity contribution in [2.24, 2.45) is 0 Å². The Morgan fingerprint density at radius 3 is 2.57 bits per heavy atom. The Hall–Kier alpha value is -1.07. The van der Waals surface area contributed by atoms with Gasteiger partial charge in [0.15, 0.2) is 5.65 Å². The number of nitrogens with zero attached hydrogens (tertiary/aromatic N) is 5. The fourth-order valence-corrected chi connectivity index (χ4v) is 3.46. The van der Waals surface area contributed by atoms with Crippen molar-refractivity contribution < 1.29 is 0 Å². The van der Waals surface area contributed by atoms with Crippen LogP contribution in [0.2, 0.25) is 0 Å². The van der Waals surface area contributed by atoms with Crippen LogP contribution in [-0.4, -0.2) is 43.9 Å². The summed E-state index contributed by atoms with van der Waals surface area (Å²) in [6.07, 6.45) is 4.03. The Labute approximate surface area is 130 Å². The summed E-state index contributed by atoms with van der Waals surface area (Å²) in [5.74, 6) is 1.42. The number of aromatic nitrogens is 4. The minimum absolute atomic E-state index is 0.456. The number of fused-ring (bicyclic) bond motifs is 1. The highest BCUT2D eigenvalue weighted by Gasteiger charge is 2.18. The van der Waals surface area contributed by atoms with Crippen LogP contribution in [0.4, 0.5) is 0 Å². The zero-order valence-electron chi connectivity index (χ0n) is 13.0. The summed E-state index contributed by atoms with van der Waals surface area (Å²) < 4.78 is 4.31. The van der Waals surface area contributed by atoms with Crippen LogP contribution < -0.4 is 0 Å². The highest BCUT2D eigenvalue weighted by atomic mass is 35.5. The quantitative estimate of drug-likeness (QED) is 0.797. The lowest BCUT2D eigenvalue weighted by molar-refractivity contribution is 0.220. The number of piperidine rings is 1. The molecule has 0 saturated carbocycles. The van der Waals surface area contributed by atoms with E-state index >= 15 is 0 Å². The van der Waals surface area contributed by atoms with E-state index in [2.05, 4.69) is 21.5 Å². The monoisotopic (exact) mass is 309 g/mol. The number of aryl methyl sites for hydroxylation is 2. The molecule has 0 aromatic carbocycles. The zero-order chi connectivity index (χ0) is 14.8. The second kappa shape index (κ2) is 6.36. The van der Waals surface area contributed by atoms with Crippen LogP contribution in [0, 0.1) is 6.92 Å². The van der Waals surface area contributed by atoms with E-state index in [9.17, 15) is 0 Å². The molecule has 1 fully saturated rings. The standard InChI is InChI=1S/C15H24ClN5/c1-3-21-15-14(12(2)18-21)17-13(11-16)20(15)10-9-19-7-5-4-6-8-19/h3-11H2,1-2H3. The van der Waals surface area contributed by atoms with E-state index in [-0.39, 0.29) is 0 Å². The van der Waals surface area contributed by atoms with Crippen molar-refractivity contribution in [3.63, 3.8) is 0 Å². The van der Waals surface area contributed by atoms with E-state index in [0.29, 0.717) is 5.88 Å². The maximum absolute atomic E-state index is 6.10. The lowest BCUT2D eigenvalue weighted by Gasteiger charge is -2.26. The van der Waals surface area contributed by atoms with Crippen molar-refractivity contribution in [1.29, 1.82) is 0 Å². The summed E-state index contributed by atoms with van der Waals surface area (Å²) in [6.45, 7) is 9.47. The molecule has 0 radical (unpaired) electrons. The van der Waals surface area contributed by atoms with Crippen molar-refractivity contribution in [3.05, 3.63) is 11.5 Å². The maximum Gasteiger partial charge on any atom is 0.158 e. The Kier molecular flexibility index (Phi) is 4.50. The van der Waals surface area contributed by atoms with Crippen molar-refractivity contribution in [2.75, 3.05) is 19.6 Å². The number of halogens is 1. The maximum atomic E-state index is 6.10. The first-order valence-electron chi connectivity index (χ1n) is 7.95. The van der Waals surface area contributed by atoms with Crippen LogP contribution in [0.3, 0.4) is 0 Å². The molecule has 0 bridgehead atoms. The van der Waals surface area contributed by atoms with Gasteiger partial charge >= 0.3 is 0 Å².